The van der Waals surface area contributed by atoms with Crippen LogP contribution in [0.4, 0.5) is 17.1 Å². The van der Waals surface area contributed by atoms with Gasteiger partial charge in [0.1, 0.15) is 22.3 Å². The third-order valence-corrected chi connectivity index (χ3v) is 11.9. The Morgan fingerprint density at radius 3 is 1.66 bits per heavy atom. The molecule has 0 bridgehead atoms. The van der Waals surface area contributed by atoms with Crippen molar-refractivity contribution in [2.45, 2.75) is 0 Å². The SMILES string of the molecule is c1ccc(-c2cccc3c2oc2ccc(-c4ccc(N(c5ccc(-c6ccc7c(ccc8ccccc87)c6)cc5)c5ccc6c(c5)oc5ccccc56)cc4)cc23)cc1. The topological polar surface area (TPSA) is 29.5 Å². The molecule has 59 heavy (non-hydrogen) atoms. The van der Waals surface area contributed by atoms with E-state index in [1.54, 1.807) is 0 Å². The van der Waals surface area contributed by atoms with Crippen LogP contribution in [0.25, 0.3) is 98.8 Å². The average molecular weight is 754 g/mol. The molecule has 2 aromatic heterocycles. The maximum atomic E-state index is 6.48. The molecule has 10 aromatic carbocycles. The van der Waals surface area contributed by atoms with Crippen molar-refractivity contribution in [3.05, 3.63) is 212 Å². The van der Waals surface area contributed by atoms with E-state index in [1.165, 1.54) is 32.7 Å². The van der Waals surface area contributed by atoms with Gasteiger partial charge in [-0.15, -0.1) is 0 Å². The molecule has 0 radical (unpaired) electrons. The van der Waals surface area contributed by atoms with Crippen LogP contribution in [0, 0.1) is 0 Å². The zero-order valence-corrected chi connectivity index (χ0v) is 32.0. The van der Waals surface area contributed by atoms with Gasteiger partial charge in [0.2, 0.25) is 0 Å². The van der Waals surface area contributed by atoms with Crippen LogP contribution in [0.3, 0.4) is 0 Å². The Balaban J connectivity index is 0.929. The lowest BCUT2D eigenvalue weighted by Gasteiger charge is -2.26. The van der Waals surface area contributed by atoms with E-state index >= 15 is 0 Å². The molecule has 0 aliphatic carbocycles. The van der Waals surface area contributed by atoms with Crippen molar-refractivity contribution in [2.24, 2.45) is 0 Å². The van der Waals surface area contributed by atoms with E-state index in [1.807, 2.05) is 18.2 Å². The van der Waals surface area contributed by atoms with Crippen LogP contribution in [-0.2, 0) is 0 Å². The third-order valence-electron chi connectivity index (χ3n) is 11.9. The van der Waals surface area contributed by atoms with Crippen molar-refractivity contribution in [3.8, 4) is 33.4 Å². The molecule has 12 aromatic rings. The Bertz CT molecular complexity index is 3540. The zero-order valence-electron chi connectivity index (χ0n) is 32.0. The first kappa shape index (κ1) is 33.3. The average Bonchev–Trinajstić information content (AvgIpc) is 3.87. The lowest BCUT2D eigenvalue weighted by atomic mass is 9.97. The van der Waals surface area contributed by atoms with Crippen LogP contribution in [0.2, 0.25) is 0 Å². The van der Waals surface area contributed by atoms with Crippen molar-refractivity contribution in [3.63, 3.8) is 0 Å². The number of para-hydroxylation sites is 2. The van der Waals surface area contributed by atoms with Gasteiger partial charge in [-0.25, -0.2) is 0 Å². The lowest BCUT2D eigenvalue weighted by molar-refractivity contribution is 0.669. The number of anilines is 3. The molecule has 0 saturated heterocycles. The van der Waals surface area contributed by atoms with Gasteiger partial charge >= 0.3 is 0 Å². The molecule has 0 N–H and O–H groups in total. The van der Waals surface area contributed by atoms with Gasteiger partial charge in [0, 0.05) is 50.2 Å². The molecule has 0 atom stereocenters. The predicted molar refractivity (Wildman–Crippen MR) is 247 cm³/mol. The van der Waals surface area contributed by atoms with Crippen molar-refractivity contribution in [1.82, 2.24) is 0 Å². The molecule has 0 unspecified atom stereocenters. The molecule has 3 nitrogen and oxygen atoms in total. The summed E-state index contributed by atoms with van der Waals surface area (Å²) < 4.78 is 12.9. The number of benzene rings is 10. The van der Waals surface area contributed by atoms with Gasteiger partial charge in [-0.1, -0.05) is 146 Å². The minimum absolute atomic E-state index is 0.863. The maximum absolute atomic E-state index is 6.48. The molecular weight excluding hydrogens is 719 g/mol. The Kier molecular flexibility index (Phi) is 7.54. The van der Waals surface area contributed by atoms with Crippen molar-refractivity contribution >= 4 is 82.5 Å². The van der Waals surface area contributed by atoms with Crippen LogP contribution in [0.15, 0.2) is 221 Å². The van der Waals surface area contributed by atoms with Crippen LogP contribution in [0.5, 0.6) is 0 Å². The summed E-state index contributed by atoms with van der Waals surface area (Å²) in [4.78, 5) is 2.31. The van der Waals surface area contributed by atoms with Crippen LogP contribution >= 0.6 is 0 Å². The van der Waals surface area contributed by atoms with Gasteiger partial charge in [0.15, 0.2) is 0 Å². The van der Waals surface area contributed by atoms with Gasteiger partial charge in [-0.2, -0.15) is 0 Å². The number of fused-ring (bicyclic) bond motifs is 9. The summed E-state index contributed by atoms with van der Waals surface area (Å²) in [5.41, 5.74) is 13.6. The predicted octanol–water partition coefficient (Wildman–Crippen LogP) is 16.3. The van der Waals surface area contributed by atoms with Crippen molar-refractivity contribution < 1.29 is 8.83 Å². The summed E-state index contributed by atoms with van der Waals surface area (Å²) in [6, 6.07) is 75.7. The summed E-state index contributed by atoms with van der Waals surface area (Å²) in [5.74, 6) is 0. The fourth-order valence-corrected chi connectivity index (χ4v) is 8.92. The Morgan fingerprint density at radius 1 is 0.271 bits per heavy atom. The number of hydrogen-bond donors (Lipinski definition) is 0. The fraction of sp³-hybridized carbons (Fsp3) is 0. The van der Waals surface area contributed by atoms with Crippen LogP contribution < -0.4 is 4.90 Å². The molecule has 12 rings (SSSR count). The molecule has 0 aliphatic rings. The highest BCUT2D eigenvalue weighted by molar-refractivity contribution is 6.11. The summed E-state index contributed by atoms with van der Waals surface area (Å²) in [5, 5.41) is 9.51. The summed E-state index contributed by atoms with van der Waals surface area (Å²) in [7, 11) is 0. The fourth-order valence-electron chi connectivity index (χ4n) is 8.92. The second kappa shape index (κ2) is 13.4. The first-order chi connectivity index (χ1) is 29.2. The van der Waals surface area contributed by atoms with E-state index in [4.69, 9.17) is 8.83 Å². The van der Waals surface area contributed by atoms with Gasteiger partial charge in [0.05, 0.1) is 0 Å². The molecule has 2 heterocycles. The number of hydrogen-bond acceptors (Lipinski definition) is 3. The minimum Gasteiger partial charge on any atom is -0.456 e. The van der Waals surface area contributed by atoms with Gasteiger partial charge < -0.3 is 13.7 Å². The summed E-state index contributed by atoms with van der Waals surface area (Å²) in [6.07, 6.45) is 0. The monoisotopic (exact) mass is 753 g/mol. The van der Waals surface area contributed by atoms with E-state index in [0.717, 1.165) is 83.2 Å². The minimum atomic E-state index is 0.863. The lowest BCUT2D eigenvalue weighted by Crippen LogP contribution is -2.09. The Morgan fingerprint density at radius 2 is 0.847 bits per heavy atom. The zero-order chi connectivity index (χ0) is 38.9. The molecule has 0 spiro atoms. The number of furan rings is 2. The molecule has 0 fully saturated rings. The van der Waals surface area contributed by atoms with Gasteiger partial charge in [-0.3, -0.25) is 0 Å². The largest absolute Gasteiger partial charge is 0.456 e. The molecule has 0 aliphatic heterocycles. The third kappa shape index (κ3) is 5.59. The molecule has 0 saturated carbocycles. The Labute approximate surface area is 340 Å². The van der Waals surface area contributed by atoms with Gasteiger partial charge in [0.25, 0.3) is 0 Å². The second-order valence-electron chi connectivity index (χ2n) is 15.3. The van der Waals surface area contributed by atoms with E-state index < -0.39 is 0 Å². The van der Waals surface area contributed by atoms with Crippen LogP contribution in [0.1, 0.15) is 0 Å². The highest BCUT2D eigenvalue weighted by Crippen LogP contribution is 2.42. The maximum Gasteiger partial charge on any atom is 0.143 e. The summed E-state index contributed by atoms with van der Waals surface area (Å²) in [6.45, 7) is 0. The number of nitrogens with zero attached hydrogens (tertiary/aromatic N) is 1. The highest BCUT2D eigenvalue weighted by atomic mass is 16.3. The first-order valence-electron chi connectivity index (χ1n) is 20.1. The van der Waals surface area contributed by atoms with Crippen molar-refractivity contribution in [2.75, 3.05) is 4.90 Å². The normalized spacial score (nSPS) is 11.7. The van der Waals surface area contributed by atoms with E-state index in [-0.39, 0.29) is 0 Å². The van der Waals surface area contributed by atoms with Gasteiger partial charge in [-0.05, 0) is 110 Å². The van der Waals surface area contributed by atoms with E-state index in [9.17, 15) is 0 Å². The number of rotatable bonds is 6. The van der Waals surface area contributed by atoms with E-state index in [2.05, 4.69) is 199 Å². The Hall–Kier alpha value is -7.88. The standard InChI is InChI=1S/C56H35NO2/c1-2-9-38(10-3-1)48-14-8-15-51-52-34-41(24-32-54(52)59-56(48)51)37-21-27-44(28-22-37)57(45-29-31-50-49-13-6-7-16-53(49)58-55(50)35-45)43-25-19-36(20-26-43)40-23-30-47-42(33-40)18-17-39-11-4-5-12-46(39)47/h1-35H. The quantitative estimate of drug-likeness (QED) is 0.158. The van der Waals surface area contributed by atoms with Crippen LogP contribution in [-0.4, -0.2) is 0 Å². The first-order valence-corrected chi connectivity index (χ1v) is 20.1. The molecule has 276 valence electrons. The van der Waals surface area contributed by atoms with Crippen molar-refractivity contribution in [1.29, 1.82) is 0 Å². The smallest absolute Gasteiger partial charge is 0.143 e. The molecule has 0 amide bonds. The summed E-state index contributed by atoms with van der Waals surface area (Å²) >= 11 is 0. The highest BCUT2D eigenvalue weighted by Gasteiger charge is 2.18. The molecular formula is C56H35NO2. The van der Waals surface area contributed by atoms with E-state index in [0.29, 0.717) is 0 Å². The second-order valence-corrected chi connectivity index (χ2v) is 15.3. The molecule has 3 heteroatoms.